The zero-order valence-corrected chi connectivity index (χ0v) is 11.8. The van der Waals surface area contributed by atoms with Gasteiger partial charge in [0.05, 0.1) is 0 Å². The average Bonchev–Trinajstić information content (AvgIpc) is 2.38. The van der Waals surface area contributed by atoms with E-state index >= 15 is 0 Å². The predicted molar refractivity (Wildman–Crippen MR) is 85.6 cm³/mol. The Hall–Kier alpha value is -2.11. The topological polar surface area (TPSA) is 12.0 Å². The highest BCUT2D eigenvalue weighted by Gasteiger charge is 2.03. The molecule has 0 saturated heterocycles. The molecule has 2 rings (SSSR count). The molecule has 2 aromatic carbocycles. The van der Waals surface area contributed by atoms with E-state index in [9.17, 15) is 0 Å². The predicted octanol–water partition coefficient (Wildman–Crippen LogP) is 4.07. The van der Waals surface area contributed by atoms with Crippen LogP contribution in [0.1, 0.15) is 22.3 Å². The third-order valence-electron chi connectivity index (χ3n) is 2.79. The second-order valence-corrected chi connectivity index (χ2v) is 4.96. The Labute approximate surface area is 119 Å². The zero-order valence-electron chi connectivity index (χ0n) is 11.0. The lowest BCUT2D eigenvalue weighted by Gasteiger charge is -2.10. The minimum atomic E-state index is 0.722. The number of benzene rings is 2. The van der Waals surface area contributed by atoms with Crippen LogP contribution in [0.3, 0.4) is 0 Å². The lowest BCUT2D eigenvalue weighted by molar-refractivity contribution is 1.37. The maximum absolute atomic E-state index is 5.43. The van der Waals surface area contributed by atoms with Gasteiger partial charge in [0.15, 0.2) is 0 Å². The Kier molecular flexibility index (Phi) is 3.99. The van der Waals surface area contributed by atoms with E-state index in [0.717, 1.165) is 21.8 Å². The van der Waals surface area contributed by atoms with Crippen LogP contribution in [-0.2, 0) is 0 Å². The van der Waals surface area contributed by atoms with Gasteiger partial charge in [-0.3, -0.25) is 0 Å². The van der Waals surface area contributed by atoms with Crippen molar-refractivity contribution in [3.05, 3.63) is 64.7 Å². The summed E-state index contributed by atoms with van der Waals surface area (Å²) in [5.74, 6) is 2.59. The first-order chi connectivity index (χ1) is 9.08. The van der Waals surface area contributed by atoms with Crippen molar-refractivity contribution in [2.75, 3.05) is 5.32 Å². The average molecular weight is 265 g/mol. The lowest BCUT2D eigenvalue weighted by Crippen LogP contribution is -2.10. The van der Waals surface area contributed by atoms with Gasteiger partial charge in [-0.1, -0.05) is 35.3 Å². The largest absolute Gasteiger partial charge is 0.346 e. The Bertz CT molecular complexity index is 628. The molecule has 0 unspecified atom stereocenters. The van der Waals surface area contributed by atoms with Gasteiger partial charge in [-0.25, -0.2) is 0 Å². The van der Waals surface area contributed by atoms with Gasteiger partial charge in [-0.05, 0) is 50.2 Å². The molecule has 0 aromatic heterocycles. The third-order valence-corrected chi connectivity index (χ3v) is 3.13. The molecular formula is C17H15NS. The molecule has 0 fully saturated rings. The SMILES string of the molecule is C#Cc1ccc(NC(=S)c2cc(C)cc(C)c2)cc1. The van der Waals surface area contributed by atoms with Crippen molar-refractivity contribution in [1.29, 1.82) is 0 Å². The molecule has 0 aliphatic rings. The van der Waals surface area contributed by atoms with Crippen molar-refractivity contribution >= 4 is 22.9 Å². The van der Waals surface area contributed by atoms with E-state index in [-0.39, 0.29) is 0 Å². The molecule has 1 nitrogen and oxygen atoms in total. The molecule has 0 aliphatic heterocycles. The number of hydrogen-bond donors (Lipinski definition) is 1. The molecule has 2 heteroatoms. The highest BCUT2D eigenvalue weighted by Crippen LogP contribution is 2.14. The monoisotopic (exact) mass is 265 g/mol. The number of hydrogen-bond acceptors (Lipinski definition) is 1. The maximum Gasteiger partial charge on any atom is 0.111 e. The van der Waals surface area contributed by atoms with Crippen LogP contribution in [0.5, 0.6) is 0 Å². The van der Waals surface area contributed by atoms with Crippen LogP contribution in [-0.4, -0.2) is 4.99 Å². The minimum absolute atomic E-state index is 0.722. The van der Waals surface area contributed by atoms with Crippen molar-refractivity contribution in [2.24, 2.45) is 0 Å². The molecule has 0 bridgehead atoms. The second kappa shape index (κ2) is 5.69. The minimum Gasteiger partial charge on any atom is -0.346 e. The van der Waals surface area contributed by atoms with Crippen LogP contribution in [0.15, 0.2) is 42.5 Å². The smallest absolute Gasteiger partial charge is 0.111 e. The van der Waals surface area contributed by atoms with Crippen molar-refractivity contribution in [1.82, 2.24) is 0 Å². The number of anilines is 1. The Morgan fingerprint density at radius 2 is 1.63 bits per heavy atom. The molecular weight excluding hydrogens is 250 g/mol. The number of thiocarbonyl (C=S) groups is 1. The van der Waals surface area contributed by atoms with Crippen LogP contribution < -0.4 is 5.32 Å². The van der Waals surface area contributed by atoms with Crippen LogP contribution in [0.25, 0.3) is 0 Å². The molecule has 0 atom stereocenters. The molecule has 0 spiro atoms. The molecule has 0 heterocycles. The summed E-state index contributed by atoms with van der Waals surface area (Å²) < 4.78 is 0. The fourth-order valence-corrected chi connectivity index (χ4v) is 2.19. The van der Waals surface area contributed by atoms with Crippen LogP contribution in [0.2, 0.25) is 0 Å². The number of terminal acetylenes is 1. The van der Waals surface area contributed by atoms with Gasteiger partial charge >= 0.3 is 0 Å². The van der Waals surface area contributed by atoms with E-state index in [1.165, 1.54) is 11.1 Å². The summed E-state index contributed by atoms with van der Waals surface area (Å²) in [7, 11) is 0. The number of aryl methyl sites for hydroxylation is 2. The highest BCUT2D eigenvalue weighted by molar-refractivity contribution is 7.81. The summed E-state index contributed by atoms with van der Waals surface area (Å²) in [6, 6.07) is 14.0. The first kappa shape index (κ1) is 13.3. The summed E-state index contributed by atoms with van der Waals surface area (Å²) in [6.45, 7) is 4.14. The highest BCUT2D eigenvalue weighted by atomic mass is 32.1. The first-order valence-corrected chi connectivity index (χ1v) is 6.45. The number of rotatable bonds is 2. The quantitative estimate of drug-likeness (QED) is 0.649. The van der Waals surface area contributed by atoms with Gasteiger partial charge in [-0.2, -0.15) is 0 Å². The molecule has 0 saturated carbocycles. The molecule has 19 heavy (non-hydrogen) atoms. The molecule has 94 valence electrons. The van der Waals surface area contributed by atoms with E-state index in [2.05, 4.69) is 43.3 Å². The second-order valence-electron chi connectivity index (χ2n) is 4.55. The van der Waals surface area contributed by atoms with Crippen molar-refractivity contribution in [3.8, 4) is 12.3 Å². The third kappa shape index (κ3) is 3.43. The van der Waals surface area contributed by atoms with E-state index in [4.69, 9.17) is 18.6 Å². The summed E-state index contributed by atoms with van der Waals surface area (Å²) in [5, 5.41) is 3.23. The standard InChI is InChI=1S/C17H15NS/c1-4-14-5-7-16(8-6-14)18-17(19)15-10-12(2)9-13(3)11-15/h1,5-11H,2-3H3,(H,18,19). The zero-order chi connectivity index (χ0) is 13.8. The summed E-state index contributed by atoms with van der Waals surface area (Å²) in [4.78, 5) is 0.722. The van der Waals surface area contributed by atoms with Crippen LogP contribution >= 0.6 is 12.2 Å². The van der Waals surface area contributed by atoms with E-state index in [1.807, 2.05) is 24.3 Å². The first-order valence-electron chi connectivity index (χ1n) is 6.05. The Balaban J connectivity index is 2.18. The molecule has 2 aromatic rings. The van der Waals surface area contributed by atoms with Gasteiger partial charge < -0.3 is 5.32 Å². The molecule has 1 N–H and O–H groups in total. The summed E-state index contributed by atoms with van der Waals surface area (Å²) >= 11 is 5.43. The lowest BCUT2D eigenvalue weighted by atomic mass is 10.1. The van der Waals surface area contributed by atoms with E-state index in [1.54, 1.807) is 0 Å². The fraction of sp³-hybridized carbons (Fsp3) is 0.118. The van der Waals surface area contributed by atoms with E-state index in [0.29, 0.717) is 0 Å². The van der Waals surface area contributed by atoms with Gasteiger partial charge in [0.25, 0.3) is 0 Å². The Morgan fingerprint density at radius 1 is 1.05 bits per heavy atom. The summed E-state index contributed by atoms with van der Waals surface area (Å²) in [5.41, 5.74) is 5.27. The van der Waals surface area contributed by atoms with Crippen molar-refractivity contribution in [2.45, 2.75) is 13.8 Å². The van der Waals surface area contributed by atoms with Gasteiger partial charge in [0, 0.05) is 16.8 Å². The van der Waals surface area contributed by atoms with Gasteiger partial charge in [-0.15, -0.1) is 6.42 Å². The Morgan fingerprint density at radius 3 is 2.16 bits per heavy atom. The molecule has 0 amide bonds. The van der Waals surface area contributed by atoms with Gasteiger partial charge in [0.2, 0.25) is 0 Å². The molecule has 0 radical (unpaired) electrons. The van der Waals surface area contributed by atoms with Crippen molar-refractivity contribution in [3.63, 3.8) is 0 Å². The van der Waals surface area contributed by atoms with E-state index < -0.39 is 0 Å². The maximum atomic E-state index is 5.43. The van der Waals surface area contributed by atoms with Gasteiger partial charge in [0.1, 0.15) is 4.99 Å². The van der Waals surface area contributed by atoms with Crippen molar-refractivity contribution < 1.29 is 0 Å². The van der Waals surface area contributed by atoms with Crippen LogP contribution in [0.4, 0.5) is 5.69 Å². The molecule has 0 aliphatic carbocycles. The normalized spacial score (nSPS) is 9.74. The summed E-state index contributed by atoms with van der Waals surface area (Å²) in [6.07, 6.45) is 5.33. The number of nitrogens with one attached hydrogen (secondary N) is 1. The fourth-order valence-electron chi connectivity index (χ4n) is 1.96. The van der Waals surface area contributed by atoms with Crippen LogP contribution in [0, 0.1) is 26.2 Å².